The third-order valence-electron chi connectivity index (χ3n) is 2.57. The van der Waals surface area contributed by atoms with Crippen LogP contribution in [-0.4, -0.2) is 23.7 Å². The Morgan fingerprint density at radius 3 is 2.83 bits per heavy atom. The first kappa shape index (κ1) is 16.9. The molecule has 6 heteroatoms. The number of carbonyl (C=O) groups is 1. The highest BCUT2D eigenvalue weighted by molar-refractivity contribution is 5.85. The van der Waals surface area contributed by atoms with Gasteiger partial charge in [0.05, 0.1) is 12.1 Å². The summed E-state index contributed by atoms with van der Waals surface area (Å²) in [5.74, 6) is 0.666. The summed E-state index contributed by atoms with van der Waals surface area (Å²) >= 11 is 0. The summed E-state index contributed by atoms with van der Waals surface area (Å²) in [6.07, 6.45) is 3.36. The molecule has 0 bridgehead atoms. The van der Waals surface area contributed by atoms with Gasteiger partial charge in [-0.1, -0.05) is 24.9 Å². The zero-order valence-corrected chi connectivity index (χ0v) is 11.8. The Morgan fingerprint density at radius 1 is 1.61 bits per heavy atom. The fourth-order valence-electron chi connectivity index (χ4n) is 1.64. The van der Waals surface area contributed by atoms with Gasteiger partial charge >= 0.3 is 0 Å². The number of carbonyl (C=O) groups excluding carboxylic acids is 1. The quantitative estimate of drug-likeness (QED) is 0.792. The molecule has 3 N–H and O–H groups in total. The van der Waals surface area contributed by atoms with Crippen molar-refractivity contribution in [3.8, 4) is 0 Å². The molecular formula is C12H22ClN3O2. The zero-order chi connectivity index (χ0) is 12.7. The third-order valence-corrected chi connectivity index (χ3v) is 2.57. The first-order valence-corrected chi connectivity index (χ1v) is 6.07. The predicted molar refractivity (Wildman–Crippen MR) is 72.7 cm³/mol. The molecular weight excluding hydrogens is 254 g/mol. The van der Waals surface area contributed by atoms with E-state index in [4.69, 9.17) is 10.3 Å². The van der Waals surface area contributed by atoms with E-state index in [2.05, 4.69) is 17.4 Å². The number of amides is 1. The third kappa shape index (κ3) is 6.02. The lowest BCUT2D eigenvalue weighted by Gasteiger charge is -2.15. The second kappa shape index (κ2) is 8.94. The Bertz CT molecular complexity index is 355. The first-order valence-electron chi connectivity index (χ1n) is 6.07. The molecule has 0 fully saturated rings. The van der Waals surface area contributed by atoms with Crippen LogP contribution in [-0.2, 0) is 11.2 Å². The van der Waals surface area contributed by atoms with Crippen LogP contribution in [0.2, 0.25) is 0 Å². The first-order chi connectivity index (χ1) is 8.15. The van der Waals surface area contributed by atoms with Crippen LogP contribution in [0.5, 0.6) is 0 Å². The molecule has 0 aliphatic heterocycles. The molecule has 5 nitrogen and oxygen atoms in total. The average molecular weight is 276 g/mol. The predicted octanol–water partition coefficient (Wildman–Crippen LogP) is 1.58. The molecule has 0 aromatic carbocycles. The number of hydrogen-bond donors (Lipinski definition) is 2. The number of aromatic nitrogens is 1. The van der Waals surface area contributed by atoms with Gasteiger partial charge in [-0.25, -0.2) is 0 Å². The van der Waals surface area contributed by atoms with E-state index in [1.165, 1.54) is 0 Å². The van der Waals surface area contributed by atoms with E-state index in [1.807, 2.05) is 0 Å². The van der Waals surface area contributed by atoms with E-state index in [9.17, 15) is 4.79 Å². The number of rotatable bonds is 7. The van der Waals surface area contributed by atoms with Crippen LogP contribution in [0.1, 0.15) is 37.6 Å². The number of nitrogens with one attached hydrogen (secondary N) is 1. The summed E-state index contributed by atoms with van der Waals surface area (Å²) < 4.78 is 4.91. The summed E-state index contributed by atoms with van der Waals surface area (Å²) in [6.45, 7) is 4.40. The Balaban J connectivity index is 0.00000289. The van der Waals surface area contributed by atoms with Crippen LogP contribution in [0.4, 0.5) is 0 Å². The van der Waals surface area contributed by atoms with E-state index >= 15 is 0 Å². The van der Waals surface area contributed by atoms with Crippen molar-refractivity contribution in [3.63, 3.8) is 0 Å². The molecule has 1 unspecified atom stereocenters. The van der Waals surface area contributed by atoms with E-state index < -0.39 is 0 Å². The molecule has 1 rings (SSSR count). The standard InChI is InChI=1S/C12H21N3O2.ClH/c1-3-4-5-10(8-13)14-12(16)7-11-6-9(2)17-15-11;/h6,10H,3-5,7-8,13H2,1-2H3,(H,14,16);1H. The van der Waals surface area contributed by atoms with Gasteiger partial charge in [-0.2, -0.15) is 0 Å². The molecule has 1 amide bonds. The normalized spacial score (nSPS) is 11.7. The minimum Gasteiger partial charge on any atom is -0.361 e. The molecule has 1 aromatic heterocycles. The van der Waals surface area contributed by atoms with Gasteiger partial charge in [-0.15, -0.1) is 12.4 Å². The van der Waals surface area contributed by atoms with Gasteiger partial charge in [0, 0.05) is 18.7 Å². The van der Waals surface area contributed by atoms with Crippen LogP contribution in [0, 0.1) is 6.92 Å². The molecule has 104 valence electrons. The van der Waals surface area contributed by atoms with E-state index in [1.54, 1.807) is 13.0 Å². The molecule has 1 aromatic rings. The maximum Gasteiger partial charge on any atom is 0.226 e. The average Bonchev–Trinajstić information content (AvgIpc) is 2.69. The lowest BCUT2D eigenvalue weighted by atomic mass is 10.1. The van der Waals surface area contributed by atoms with Crippen molar-refractivity contribution in [2.75, 3.05) is 6.54 Å². The van der Waals surface area contributed by atoms with Crippen LogP contribution in [0.3, 0.4) is 0 Å². The van der Waals surface area contributed by atoms with E-state index in [0.717, 1.165) is 19.3 Å². The fraction of sp³-hybridized carbons (Fsp3) is 0.667. The van der Waals surface area contributed by atoms with E-state index in [-0.39, 0.29) is 30.8 Å². The molecule has 0 spiro atoms. The zero-order valence-electron chi connectivity index (χ0n) is 10.9. The minimum absolute atomic E-state index is 0. The van der Waals surface area contributed by atoms with Gasteiger partial charge < -0.3 is 15.6 Å². The summed E-state index contributed by atoms with van der Waals surface area (Å²) in [5.41, 5.74) is 6.27. The van der Waals surface area contributed by atoms with Crippen LogP contribution in [0.25, 0.3) is 0 Å². The molecule has 0 aliphatic carbocycles. The van der Waals surface area contributed by atoms with E-state index in [0.29, 0.717) is 18.0 Å². The molecule has 1 atom stereocenters. The van der Waals surface area contributed by atoms with Crippen molar-refractivity contribution in [1.82, 2.24) is 10.5 Å². The van der Waals surface area contributed by atoms with Gasteiger partial charge in [-0.3, -0.25) is 4.79 Å². The lowest BCUT2D eigenvalue weighted by Crippen LogP contribution is -2.40. The summed E-state index contributed by atoms with van der Waals surface area (Å²) in [7, 11) is 0. The highest BCUT2D eigenvalue weighted by atomic mass is 35.5. The van der Waals surface area contributed by atoms with Crippen molar-refractivity contribution in [1.29, 1.82) is 0 Å². The smallest absolute Gasteiger partial charge is 0.226 e. The Labute approximate surface area is 114 Å². The number of hydrogen-bond acceptors (Lipinski definition) is 4. The molecule has 0 radical (unpaired) electrons. The van der Waals surface area contributed by atoms with Crippen molar-refractivity contribution in [2.24, 2.45) is 5.73 Å². The Hall–Kier alpha value is -1.07. The number of unbranched alkanes of at least 4 members (excludes halogenated alkanes) is 1. The lowest BCUT2D eigenvalue weighted by molar-refractivity contribution is -0.121. The highest BCUT2D eigenvalue weighted by Gasteiger charge is 2.12. The number of nitrogens with two attached hydrogens (primary N) is 1. The van der Waals surface area contributed by atoms with Gasteiger partial charge in [0.1, 0.15) is 5.76 Å². The topological polar surface area (TPSA) is 81.1 Å². The second-order valence-electron chi connectivity index (χ2n) is 4.25. The Morgan fingerprint density at radius 2 is 2.33 bits per heavy atom. The SMILES string of the molecule is CCCCC(CN)NC(=O)Cc1cc(C)on1.Cl. The number of nitrogens with zero attached hydrogens (tertiary/aromatic N) is 1. The van der Waals surface area contributed by atoms with Crippen molar-refractivity contribution >= 4 is 18.3 Å². The number of aryl methyl sites for hydroxylation is 1. The van der Waals surface area contributed by atoms with Crippen LogP contribution in [0.15, 0.2) is 10.6 Å². The second-order valence-corrected chi connectivity index (χ2v) is 4.25. The summed E-state index contributed by atoms with van der Waals surface area (Å²) in [5, 5.41) is 6.70. The molecule has 0 saturated carbocycles. The maximum absolute atomic E-state index is 11.7. The molecule has 1 heterocycles. The van der Waals surface area contributed by atoms with Crippen molar-refractivity contribution in [2.45, 2.75) is 45.6 Å². The molecule has 0 saturated heterocycles. The van der Waals surface area contributed by atoms with Gasteiger partial charge in [0.15, 0.2) is 0 Å². The monoisotopic (exact) mass is 275 g/mol. The minimum atomic E-state index is -0.0511. The van der Waals surface area contributed by atoms with Crippen LogP contribution < -0.4 is 11.1 Å². The summed E-state index contributed by atoms with van der Waals surface area (Å²) in [4.78, 5) is 11.7. The molecule has 18 heavy (non-hydrogen) atoms. The van der Waals surface area contributed by atoms with Gasteiger partial charge in [0.25, 0.3) is 0 Å². The summed E-state index contributed by atoms with van der Waals surface area (Å²) in [6, 6.07) is 1.83. The van der Waals surface area contributed by atoms with Crippen molar-refractivity contribution < 1.29 is 9.32 Å². The molecule has 0 aliphatic rings. The highest BCUT2D eigenvalue weighted by Crippen LogP contribution is 2.03. The maximum atomic E-state index is 11.7. The largest absolute Gasteiger partial charge is 0.361 e. The van der Waals surface area contributed by atoms with Gasteiger partial charge in [0.2, 0.25) is 5.91 Å². The van der Waals surface area contributed by atoms with Crippen molar-refractivity contribution in [3.05, 3.63) is 17.5 Å². The fourth-order valence-corrected chi connectivity index (χ4v) is 1.64. The number of halogens is 1. The Kier molecular flexibility index (Phi) is 8.41. The van der Waals surface area contributed by atoms with Gasteiger partial charge in [-0.05, 0) is 13.3 Å². The van der Waals surface area contributed by atoms with Crippen LogP contribution >= 0.6 is 12.4 Å².